The zero-order chi connectivity index (χ0) is 27.0. The van der Waals surface area contributed by atoms with Crippen LogP contribution in [0.25, 0.3) is 28.0 Å². The van der Waals surface area contributed by atoms with Crippen LogP contribution >= 0.6 is 0 Å². The first-order valence-electron chi connectivity index (χ1n) is 13.0. The highest BCUT2D eigenvalue weighted by Crippen LogP contribution is 2.49. The third-order valence-corrected chi connectivity index (χ3v) is 7.53. The van der Waals surface area contributed by atoms with E-state index in [1.165, 1.54) is 5.56 Å². The predicted octanol–water partition coefficient (Wildman–Crippen LogP) is 6.04. The molecule has 0 bridgehead atoms. The number of aromatic nitrogens is 4. The van der Waals surface area contributed by atoms with Gasteiger partial charge in [0.05, 0.1) is 22.4 Å². The number of hydrogen-bond donors (Lipinski definition) is 0. The lowest BCUT2D eigenvalue weighted by molar-refractivity contribution is 0.174. The van der Waals surface area contributed by atoms with Gasteiger partial charge in [-0.3, -0.25) is 0 Å². The molecule has 0 saturated heterocycles. The molecule has 1 atom stereocenters. The summed E-state index contributed by atoms with van der Waals surface area (Å²) in [5.41, 5.74) is 4.45. The predicted molar refractivity (Wildman–Crippen MR) is 146 cm³/mol. The van der Waals surface area contributed by atoms with Crippen LogP contribution in [0.2, 0.25) is 0 Å². The zero-order valence-corrected chi connectivity index (χ0v) is 21.6. The van der Waals surface area contributed by atoms with Gasteiger partial charge in [-0.15, -0.1) is 5.10 Å². The van der Waals surface area contributed by atoms with Gasteiger partial charge in [0.15, 0.2) is 28.7 Å². The highest BCUT2D eigenvalue weighted by Gasteiger charge is 2.37. The molecule has 0 saturated carbocycles. The van der Waals surface area contributed by atoms with Gasteiger partial charge in [0.1, 0.15) is 11.9 Å². The molecule has 0 aliphatic carbocycles. The molecule has 0 spiro atoms. The number of fused-ring (bicyclic) bond motifs is 7. The maximum absolute atomic E-state index is 13.6. The number of benzene rings is 3. The van der Waals surface area contributed by atoms with Gasteiger partial charge in [-0.1, -0.05) is 50.2 Å². The average Bonchev–Trinajstić information content (AvgIpc) is 3.63. The third kappa shape index (κ3) is 3.34. The molecule has 0 N–H and O–H groups in total. The van der Waals surface area contributed by atoms with Crippen molar-refractivity contribution in [2.45, 2.75) is 25.7 Å². The number of rotatable bonds is 3. The second-order valence-corrected chi connectivity index (χ2v) is 10.2. The first-order valence-corrected chi connectivity index (χ1v) is 13.0. The quantitative estimate of drug-likeness (QED) is 0.255. The Balaban J connectivity index is 1.38. The van der Waals surface area contributed by atoms with Crippen molar-refractivity contribution in [2.24, 2.45) is 0 Å². The molecule has 40 heavy (non-hydrogen) atoms. The summed E-state index contributed by atoms with van der Waals surface area (Å²) in [6.07, 6.45) is 1.58. The van der Waals surface area contributed by atoms with Crippen molar-refractivity contribution in [1.29, 1.82) is 0 Å². The molecule has 9 heteroatoms. The first-order chi connectivity index (χ1) is 19.5. The molecule has 1 unspecified atom stereocenters. The molecule has 2 aliphatic rings. The van der Waals surface area contributed by atoms with Gasteiger partial charge in [-0.2, -0.15) is 0 Å². The van der Waals surface area contributed by atoms with Gasteiger partial charge in [-0.25, -0.2) is 19.3 Å². The van der Waals surface area contributed by atoms with E-state index in [0.29, 0.717) is 62.6 Å². The van der Waals surface area contributed by atoms with Crippen molar-refractivity contribution in [3.8, 4) is 34.5 Å². The Bertz CT molecular complexity index is 2030. The number of para-hydroxylation sites is 1. The van der Waals surface area contributed by atoms with Gasteiger partial charge in [-0.05, 0) is 47.4 Å². The molecule has 2 aliphatic heterocycles. The lowest BCUT2D eigenvalue weighted by atomic mass is 9.83. The Labute approximate surface area is 227 Å². The summed E-state index contributed by atoms with van der Waals surface area (Å²) in [7, 11) is 0. The van der Waals surface area contributed by atoms with E-state index in [2.05, 4.69) is 31.0 Å². The maximum atomic E-state index is 13.6. The fourth-order valence-corrected chi connectivity index (χ4v) is 5.49. The highest BCUT2D eigenvalue weighted by molar-refractivity contribution is 5.87. The summed E-state index contributed by atoms with van der Waals surface area (Å²) in [4.78, 5) is 23.1. The highest BCUT2D eigenvalue weighted by atomic mass is 16.7. The zero-order valence-electron chi connectivity index (χ0n) is 21.6. The number of ether oxygens (including phenoxy) is 3. The first kappa shape index (κ1) is 22.8. The Morgan fingerprint density at radius 2 is 1.77 bits per heavy atom. The van der Waals surface area contributed by atoms with Crippen LogP contribution in [0.15, 0.2) is 82.3 Å². The summed E-state index contributed by atoms with van der Waals surface area (Å²) in [5, 5.41) is 5.40. The van der Waals surface area contributed by atoms with E-state index in [0.717, 1.165) is 11.1 Å². The van der Waals surface area contributed by atoms with Crippen molar-refractivity contribution in [1.82, 2.24) is 19.6 Å². The maximum Gasteiger partial charge on any atom is 0.344 e. The minimum atomic E-state index is -0.536. The topological polar surface area (TPSA) is 101 Å². The Kier molecular flexibility index (Phi) is 4.79. The van der Waals surface area contributed by atoms with Crippen LogP contribution in [0.4, 0.5) is 0 Å². The van der Waals surface area contributed by atoms with Crippen molar-refractivity contribution < 1.29 is 18.6 Å². The van der Waals surface area contributed by atoms with Crippen molar-refractivity contribution >= 4 is 16.6 Å². The number of nitrogens with zero attached hydrogens (tertiary/aromatic N) is 4. The third-order valence-electron chi connectivity index (χ3n) is 7.53. The van der Waals surface area contributed by atoms with E-state index in [1.807, 2.05) is 48.5 Å². The van der Waals surface area contributed by atoms with E-state index in [-0.39, 0.29) is 6.79 Å². The van der Waals surface area contributed by atoms with Crippen LogP contribution in [0, 0.1) is 0 Å². The Hall–Kier alpha value is -5.18. The second-order valence-electron chi connectivity index (χ2n) is 10.2. The Morgan fingerprint density at radius 3 is 2.62 bits per heavy atom. The fourth-order valence-electron chi connectivity index (χ4n) is 5.49. The van der Waals surface area contributed by atoms with Crippen LogP contribution in [-0.2, 0) is 0 Å². The monoisotopic (exact) mass is 530 g/mol. The van der Waals surface area contributed by atoms with Crippen LogP contribution in [-0.4, -0.2) is 26.4 Å². The van der Waals surface area contributed by atoms with E-state index in [1.54, 1.807) is 16.9 Å². The lowest BCUT2D eigenvalue weighted by Crippen LogP contribution is -2.22. The second kappa shape index (κ2) is 8.41. The molecule has 3 aromatic carbocycles. The van der Waals surface area contributed by atoms with Crippen molar-refractivity contribution in [3.63, 3.8) is 0 Å². The summed E-state index contributed by atoms with van der Waals surface area (Å²) < 4.78 is 24.8. The van der Waals surface area contributed by atoms with E-state index >= 15 is 0 Å². The molecule has 9 nitrogen and oxygen atoms in total. The largest absolute Gasteiger partial charge is 0.454 e. The van der Waals surface area contributed by atoms with E-state index in [9.17, 15) is 4.79 Å². The Morgan fingerprint density at radius 1 is 0.950 bits per heavy atom. The average molecular weight is 531 g/mol. The molecule has 5 heterocycles. The van der Waals surface area contributed by atoms with Crippen LogP contribution < -0.4 is 19.8 Å². The molecule has 0 fully saturated rings. The van der Waals surface area contributed by atoms with Crippen LogP contribution in [0.3, 0.4) is 0 Å². The van der Waals surface area contributed by atoms with Crippen molar-refractivity contribution in [3.05, 3.63) is 106 Å². The number of hydrogen-bond acceptors (Lipinski definition) is 8. The minimum absolute atomic E-state index is 0.181. The van der Waals surface area contributed by atoms with Crippen LogP contribution in [0.5, 0.6) is 23.1 Å². The standard InChI is InChI=1S/C31H22N4O5/c1-16(2)17-7-9-18(10-8-17)24-25-27(20-5-3-4-6-21(20)39-31(25)36)40-30-26(24)29-33-28(34-35(29)14-32-30)19-11-12-22-23(13-19)38-15-37-22/h3-14,16,24H,15H2,1-2H3. The molecular formula is C31H22N4O5. The van der Waals surface area contributed by atoms with Crippen molar-refractivity contribution in [2.75, 3.05) is 6.79 Å². The molecule has 0 radical (unpaired) electrons. The molecule has 3 aromatic heterocycles. The summed E-state index contributed by atoms with van der Waals surface area (Å²) in [6.45, 7) is 4.48. The summed E-state index contributed by atoms with van der Waals surface area (Å²) in [6, 6.07) is 21.2. The summed E-state index contributed by atoms with van der Waals surface area (Å²) >= 11 is 0. The van der Waals surface area contributed by atoms with Gasteiger partial charge < -0.3 is 18.6 Å². The SMILES string of the molecule is CC(C)c1ccc(C2c3c(c4ccccc4oc3=O)Oc3ncn4nc(-c5ccc6c(c5)OCO6)nc4c32)cc1. The summed E-state index contributed by atoms with van der Waals surface area (Å²) in [5.74, 6) is 2.46. The minimum Gasteiger partial charge on any atom is -0.454 e. The lowest BCUT2D eigenvalue weighted by Gasteiger charge is -2.27. The fraction of sp³-hybridized carbons (Fsp3) is 0.161. The molecular weight excluding hydrogens is 508 g/mol. The molecule has 0 amide bonds. The van der Waals surface area contributed by atoms with Gasteiger partial charge in [0.2, 0.25) is 12.7 Å². The smallest absolute Gasteiger partial charge is 0.344 e. The van der Waals surface area contributed by atoms with Gasteiger partial charge in [0.25, 0.3) is 0 Å². The van der Waals surface area contributed by atoms with E-state index < -0.39 is 11.5 Å². The van der Waals surface area contributed by atoms with E-state index in [4.69, 9.17) is 28.7 Å². The molecule has 6 aromatic rings. The normalized spacial score (nSPS) is 15.3. The van der Waals surface area contributed by atoms with Gasteiger partial charge in [0, 0.05) is 5.56 Å². The van der Waals surface area contributed by atoms with Gasteiger partial charge >= 0.3 is 5.63 Å². The molecule has 196 valence electrons. The molecule has 8 rings (SSSR count). The van der Waals surface area contributed by atoms with Crippen LogP contribution in [0.1, 0.15) is 47.9 Å².